The minimum atomic E-state index is -0.535. The molecule has 2 atom stereocenters. The number of rotatable bonds is 6. The summed E-state index contributed by atoms with van der Waals surface area (Å²) in [7, 11) is 4.23. The third-order valence-electron chi connectivity index (χ3n) is 5.37. The summed E-state index contributed by atoms with van der Waals surface area (Å²) in [5, 5.41) is 0. The Morgan fingerprint density at radius 3 is 2.47 bits per heavy atom. The SMILES string of the molecule is CC(=O)Oc1ccccc1C(=O)Oc1cccc([C@@H]2CCCC[C@@H]2CN(C)C)c1.Cl. The third-order valence-corrected chi connectivity index (χ3v) is 5.37. The number of ether oxygens (including phenoxy) is 2. The van der Waals surface area contributed by atoms with E-state index in [1.165, 1.54) is 31.7 Å². The van der Waals surface area contributed by atoms with Gasteiger partial charge in [0.1, 0.15) is 17.1 Å². The summed E-state index contributed by atoms with van der Waals surface area (Å²) in [6.45, 7) is 2.37. The molecule has 3 rings (SSSR count). The van der Waals surface area contributed by atoms with Gasteiger partial charge < -0.3 is 14.4 Å². The first-order valence-electron chi connectivity index (χ1n) is 10.2. The summed E-state index contributed by atoms with van der Waals surface area (Å²) < 4.78 is 10.8. The van der Waals surface area contributed by atoms with E-state index in [-0.39, 0.29) is 23.7 Å². The molecule has 0 unspecified atom stereocenters. The Labute approximate surface area is 184 Å². The van der Waals surface area contributed by atoms with Crippen LogP contribution in [-0.2, 0) is 4.79 Å². The standard InChI is InChI=1S/C24H29NO4.ClH/c1-17(26)28-23-14-7-6-13-22(23)24(27)29-20-11-8-10-18(15-20)21-12-5-4-9-19(21)16-25(2)3;/h6-8,10-11,13-15,19,21H,4-5,9,12,16H2,1-3H3;1H/t19-,21+;/m1./s1. The monoisotopic (exact) mass is 431 g/mol. The Morgan fingerprint density at radius 2 is 1.73 bits per heavy atom. The van der Waals surface area contributed by atoms with Crippen molar-refractivity contribution in [1.29, 1.82) is 0 Å². The summed E-state index contributed by atoms with van der Waals surface area (Å²) in [6.07, 6.45) is 4.89. The molecule has 0 heterocycles. The second kappa shape index (κ2) is 11.1. The molecule has 6 heteroatoms. The predicted molar refractivity (Wildman–Crippen MR) is 120 cm³/mol. The van der Waals surface area contributed by atoms with Crippen LogP contribution >= 0.6 is 12.4 Å². The summed E-state index contributed by atoms with van der Waals surface area (Å²) in [5.41, 5.74) is 1.45. The zero-order valence-corrected chi connectivity index (χ0v) is 18.6. The van der Waals surface area contributed by atoms with Gasteiger partial charge in [0.2, 0.25) is 0 Å². The number of para-hydroxylation sites is 1. The van der Waals surface area contributed by atoms with Crippen molar-refractivity contribution in [2.24, 2.45) is 5.92 Å². The Hall–Kier alpha value is -2.37. The van der Waals surface area contributed by atoms with Gasteiger partial charge in [-0.1, -0.05) is 37.1 Å². The highest BCUT2D eigenvalue weighted by molar-refractivity contribution is 5.94. The molecule has 2 aromatic rings. The molecule has 162 valence electrons. The first-order valence-corrected chi connectivity index (χ1v) is 10.2. The van der Waals surface area contributed by atoms with Crippen LogP contribution in [0.5, 0.6) is 11.5 Å². The largest absolute Gasteiger partial charge is 0.426 e. The van der Waals surface area contributed by atoms with Crippen molar-refractivity contribution in [1.82, 2.24) is 4.90 Å². The van der Waals surface area contributed by atoms with E-state index in [2.05, 4.69) is 25.1 Å². The maximum Gasteiger partial charge on any atom is 0.347 e. The van der Waals surface area contributed by atoms with Crippen molar-refractivity contribution in [2.45, 2.75) is 38.5 Å². The van der Waals surface area contributed by atoms with Gasteiger partial charge in [0.25, 0.3) is 0 Å². The lowest BCUT2D eigenvalue weighted by Gasteiger charge is -2.34. The van der Waals surface area contributed by atoms with E-state index < -0.39 is 11.9 Å². The minimum absolute atomic E-state index is 0. The average Bonchev–Trinajstić information content (AvgIpc) is 2.68. The van der Waals surface area contributed by atoms with Gasteiger partial charge in [-0.05, 0) is 68.6 Å². The highest BCUT2D eigenvalue weighted by Gasteiger charge is 2.27. The summed E-state index contributed by atoms with van der Waals surface area (Å²) in [6, 6.07) is 14.4. The smallest absolute Gasteiger partial charge is 0.347 e. The fourth-order valence-corrected chi connectivity index (χ4v) is 4.18. The molecule has 30 heavy (non-hydrogen) atoms. The van der Waals surface area contributed by atoms with Gasteiger partial charge >= 0.3 is 11.9 Å². The van der Waals surface area contributed by atoms with Gasteiger partial charge in [0, 0.05) is 13.5 Å². The van der Waals surface area contributed by atoms with Crippen molar-refractivity contribution in [3.05, 3.63) is 59.7 Å². The van der Waals surface area contributed by atoms with Crippen LogP contribution < -0.4 is 9.47 Å². The third kappa shape index (κ3) is 6.31. The van der Waals surface area contributed by atoms with E-state index in [1.807, 2.05) is 12.1 Å². The number of carbonyl (C=O) groups is 2. The van der Waals surface area contributed by atoms with Gasteiger partial charge in [-0.2, -0.15) is 0 Å². The molecule has 5 nitrogen and oxygen atoms in total. The molecule has 1 fully saturated rings. The zero-order chi connectivity index (χ0) is 20.8. The van der Waals surface area contributed by atoms with Crippen LogP contribution in [0.25, 0.3) is 0 Å². The Kier molecular flexibility index (Phi) is 8.88. The second-order valence-corrected chi connectivity index (χ2v) is 7.97. The van der Waals surface area contributed by atoms with E-state index >= 15 is 0 Å². The first kappa shape index (κ1) is 23.9. The van der Waals surface area contributed by atoms with Crippen molar-refractivity contribution >= 4 is 24.3 Å². The van der Waals surface area contributed by atoms with Crippen LogP contribution in [0.15, 0.2) is 48.5 Å². The van der Waals surface area contributed by atoms with E-state index in [0.717, 1.165) is 13.0 Å². The van der Waals surface area contributed by atoms with E-state index in [1.54, 1.807) is 30.3 Å². The molecule has 1 aliphatic rings. The molecule has 0 radical (unpaired) electrons. The molecule has 0 bridgehead atoms. The lowest BCUT2D eigenvalue weighted by Crippen LogP contribution is -2.28. The number of esters is 2. The number of hydrogen-bond donors (Lipinski definition) is 0. The van der Waals surface area contributed by atoms with E-state index in [0.29, 0.717) is 17.6 Å². The highest BCUT2D eigenvalue weighted by atomic mass is 35.5. The molecule has 0 aliphatic heterocycles. The quantitative estimate of drug-likeness (QED) is 0.471. The Balaban J connectivity index is 0.00000320. The number of benzene rings is 2. The van der Waals surface area contributed by atoms with Gasteiger partial charge in [-0.15, -0.1) is 12.4 Å². The molecule has 0 spiro atoms. The molecule has 2 aromatic carbocycles. The lowest BCUT2D eigenvalue weighted by atomic mass is 9.75. The highest BCUT2D eigenvalue weighted by Crippen LogP contribution is 2.39. The van der Waals surface area contributed by atoms with Crippen LogP contribution in [0, 0.1) is 5.92 Å². The average molecular weight is 432 g/mol. The molecule has 0 amide bonds. The zero-order valence-electron chi connectivity index (χ0n) is 17.8. The van der Waals surface area contributed by atoms with Crippen molar-refractivity contribution in [3.8, 4) is 11.5 Å². The number of carbonyl (C=O) groups excluding carboxylic acids is 2. The Bertz CT molecular complexity index is 868. The first-order chi connectivity index (χ1) is 13.9. The number of halogens is 1. The maximum atomic E-state index is 12.7. The number of hydrogen-bond acceptors (Lipinski definition) is 5. The van der Waals surface area contributed by atoms with Gasteiger partial charge in [-0.25, -0.2) is 4.79 Å². The minimum Gasteiger partial charge on any atom is -0.426 e. The van der Waals surface area contributed by atoms with Crippen LogP contribution in [-0.4, -0.2) is 37.5 Å². The van der Waals surface area contributed by atoms with Crippen molar-refractivity contribution in [2.75, 3.05) is 20.6 Å². The fraction of sp³-hybridized carbons (Fsp3) is 0.417. The molecule has 0 N–H and O–H groups in total. The van der Waals surface area contributed by atoms with E-state index in [9.17, 15) is 9.59 Å². The van der Waals surface area contributed by atoms with Gasteiger partial charge in [0.15, 0.2) is 0 Å². The fourth-order valence-electron chi connectivity index (χ4n) is 4.18. The van der Waals surface area contributed by atoms with Crippen LogP contribution in [0.3, 0.4) is 0 Å². The molecule has 1 saturated carbocycles. The normalized spacial score (nSPS) is 18.4. The molecule has 0 aromatic heterocycles. The van der Waals surface area contributed by atoms with Gasteiger partial charge in [-0.3, -0.25) is 4.79 Å². The summed E-state index contributed by atoms with van der Waals surface area (Å²) in [5.74, 6) is 0.787. The topological polar surface area (TPSA) is 55.8 Å². The van der Waals surface area contributed by atoms with Crippen molar-refractivity contribution < 1.29 is 19.1 Å². The predicted octanol–water partition coefficient (Wildman–Crippen LogP) is 5.09. The second-order valence-electron chi connectivity index (χ2n) is 7.97. The molecule has 0 saturated heterocycles. The summed E-state index contributed by atoms with van der Waals surface area (Å²) >= 11 is 0. The van der Waals surface area contributed by atoms with Crippen LogP contribution in [0.4, 0.5) is 0 Å². The summed E-state index contributed by atoms with van der Waals surface area (Å²) in [4.78, 5) is 26.2. The Morgan fingerprint density at radius 1 is 1.00 bits per heavy atom. The molecule has 1 aliphatic carbocycles. The number of nitrogens with zero attached hydrogens (tertiary/aromatic N) is 1. The lowest BCUT2D eigenvalue weighted by molar-refractivity contribution is -0.131. The van der Waals surface area contributed by atoms with Crippen LogP contribution in [0.2, 0.25) is 0 Å². The van der Waals surface area contributed by atoms with Crippen LogP contribution in [0.1, 0.15) is 54.4 Å². The van der Waals surface area contributed by atoms with E-state index in [4.69, 9.17) is 9.47 Å². The molecular formula is C24H30ClNO4. The molecular weight excluding hydrogens is 402 g/mol. The maximum absolute atomic E-state index is 12.7. The van der Waals surface area contributed by atoms with Crippen molar-refractivity contribution in [3.63, 3.8) is 0 Å². The van der Waals surface area contributed by atoms with Gasteiger partial charge in [0.05, 0.1) is 0 Å².